The van der Waals surface area contributed by atoms with E-state index in [2.05, 4.69) is 59.3 Å². The Morgan fingerprint density at radius 2 is 1.83 bits per heavy atom. The molecule has 166 valence electrons. The molecule has 0 radical (unpaired) electrons. The van der Waals surface area contributed by atoms with Gasteiger partial charge in [0.05, 0.1) is 0 Å². The zero-order chi connectivity index (χ0) is 19.2. The van der Waals surface area contributed by atoms with E-state index in [4.69, 9.17) is 0 Å². The van der Waals surface area contributed by atoms with Crippen LogP contribution >= 0.6 is 24.8 Å². The van der Waals surface area contributed by atoms with E-state index in [-0.39, 0.29) is 24.8 Å². The third-order valence-corrected chi connectivity index (χ3v) is 6.84. The van der Waals surface area contributed by atoms with Crippen LogP contribution in [0, 0.1) is 11.8 Å². The van der Waals surface area contributed by atoms with Gasteiger partial charge in [0.15, 0.2) is 0 Å². The SMILES string of the molecule is CC(CC(=O)N(C)C1CCN(Cc2ccccc2)C(C)C1)C1CCNCC1.Cl.Cl. The summed E-state index contributed by atoms with van der Waals surface area (Å²) < 4.78 is 0. The Hall–Kier alpha value is -0.810. The van der Waals surface area contributed by atoms with Gasteiger partial charge in [-0.25, -0.2) is 0 Å². The van der Waals surface area contributed by atoms with Gasteiger partial charge < -0.3 is 10.2 Å². The van der Waals surface area contributed by atoms with Crippen molar-refractivity contribution in [2.24, 2.45) is 11.8 Å². The van der Waals surface area contributed by atoms with E-state index in [9.17, 15) is 4.79 Å². The number of hydrogen-bond acceptors (Lipinski definition) is 3. The standard InChI is InChI=1S/C23H37N3O.2ClH/c1-18(21-9-12-24-13-10-21)15-23(27)25(3)22-11-14-26(19(2)16-22)17-20-7-5-4-6-8-20;;/h4-8,18-19,21-22,24H,9-17H2,1-3H3;2*1H. The van der Waals surface area contributed by atoms with Crippen LogP contribution in [0.4, 0.5) is 0 Å². The zero-order valence-corrected chi connectivity index (χ0v) is 19.8. The molecule has 0 aliphatic carbocycles. The first-order chi connectivity index (χ1) is 13.0. The fourth-order valence-corrected chi connectivity index (χ4v) is 4.80. The summed E-state index contributed by atoms with van der Waals surface area (Å²) in [5.74, 6) is 1.54. The molecule has 2 aliphatic heterocycles. The summed E-state index contributed by atoms with van der Waals surface area (Å²) in [6.45, 7) is 8.88. The molecule has 3 rings (SSSR count). The Bertz CT molecular complexity index is 595. The van der Waals surface area contributed by atoms with Crippen LogP contribution in [0.2, 0.25) is 0 Å². The first kappa shape index (κ1) is 26.2. The van der Waals surface area contributed by atoms with Crippen LogP contribution in [0.1, 0.15) is 51.5 Å². The molecule has 1 aromatic carbocycles. The molecule has 2 fully saturated rings. The molecule has 3 atom stereocenters. The monoisotopic (exact) mass is 443 g/mol. The number of amides is 1. The second kappa shape index (κ2) is 12.8. The van der Waals surface area contributed by atoms with Crippen molar-refractivity contribution in [3.8, 4) is 0 Å². The van der Waals surface area contributed by atoms with E-state index < -0.39 is 0 Å². The van der Waals surface area contributed by atoms with E-state index in [1.54, 1.807) is 0 Å². The van der Waals surface area contributed by atoms with E-state index in [0.717, 1.165) is 39.0 Å². The number of carbonyl (C=O) groups is 1. The number of nitrogens with zero attached hydrogens (tertiary/aromatic N) is 2. The minimum absolute atomic E-state index is 0. The highest BCUT2D eigenvalue weighted by Crippen LogP contribution is 2.27. The van der Waals surface area contributed by atoms with Crippen LogP contribution in [0.3, 0.4) is 0 Å². The topological polar surface area (TPSA) is 35.6 Å². The summed E-state index contributed by atoms with van der Waals surface area (Å²) >= 11 is 0. The summed E-state index contributed by atoms with van der Waals surface area (Å²) in [5, 5.41) is 3.42. The molecule has 6 heteroatoms. The Morgan fingerprint density at radius 3 is 2.45 bits per heavy atom. The highest BCUT2D eigenvalue weighted by atomic mass is 35.5. The van der Waals surface area contributed by atoms with Gasteiger partial charge in [0.2, 0.25) is 5.91 Å². The summed E-state index contributed by atoms with van der Waals surface area (Å²) in [6.07, 6.45) is 5.30. The summed E-state index contributed by atoms with van der Waals surface area (Å²) in [7, 11) is 2.03. The number of piperidine rings is 2. The highest BCUT2D eigenvalue weighted by molar-refractivity contribution is 5.85. The molecule has 1 amide bonds. The summed E-state index contributed by atoms with van der Waals surface area (Å²) in [5.41, 5.74) is 1.38. The lowest BCUT2D eigenvalue weighted by Crippen LogP contribution is -2.49. The molecule has 1 aromatic rings. The Labute approximate surface area is 189 Å². The van der Waals surface area contributed by atoms with Crippen molar-refractivity contribution in [1.82, 2.24) is 15.1 Å². The maximum absolute atomic E-state index is 12.9. The molecule has 2 saturated heterocycles. The number of likely N-dealkylation sites (tertiary alicyclic amines) is 1. The van der Waals surface area contributed by atoms with Crippen molar-refractivity contribution in [2.75, 3.05) is 26.7 Å². The van der Waals surface area contributed by atoms with Gasteiger partial charge in [-0.3, -0.25) is 9.69 Å². The smallest absolute Gasteiger partial charge is 0.222 e. The van der Waals surface area contributed by atoms with E-state index in [0.29, 0.717) is 36.2 Å². The first-order valence-corrected chi connectivity index (χ1v) is 10.8. The van der Waals surface area contributed by atoms with Gasteiger partial charge in [0.25, 0.3) is 0 Å². The van der Waals surface area contributed by atoms with Gasteiger partial charge in [0.1, 0.15) is 0 Å². The maximum atomic E-state index is 12.9. The molecule has 3 unspecified atom stereocenters. The Kier molecular flexibility index (Phi) is 11.6. The number of halogens is 2. The zero-order valence-electron chi connectivity index (χ0n) is 18.2. The lowest BCUT2D eigenvalue weighted by atomic mass is 9.83. The molecule has 2 heterocycles. The molecule has 1 N–H and O–H groups in total. The van der Waals surface area contributed by atoms with Gasteiger partial charge in [0, 0.05) is 38.6 Å². The van der Waals surface area contributed by atoms with Crippen LogP contribution < -0.4 is 5.32 Å². The molecule has 29 heavy (non-hydrogen) atoms. The fraction of sp³-hybridized carbons (Fsp3) is 0.696. The van der Waals surface area contributed by atoms with E-state index >= 15 is 0 Å². The second-order valence-corrected chi connectivity index (χ2v) is 8.76. The quantitative estimate of drug-likeness (QED) is 0.708. The maximum Gasteiger partial charge on any atom is 0.222 e. The number of benzene rings is 1. The predicted molar refractivity (Wildman–Crippen MR) is 126 cm³/mol. The minimum Gasteiger partial charge on any atom is -0.343 e. The number of rotatable bonds is 6. The van der Waals surface area contributed by atoms with Crippen molar-refractivity contribution in [1.29, 1.82) is 0 Å². The second-order valence-electron chi connectivity index (χ2n) is 8.76. The normalized spacial score (nSPS) is 24.1. The molecule has 2 aliphatic rings. The van der Waals surface area contributed by atoms with Crippen LogP contribution in [0.25, 0.3) is 0 Å². The highest BCUT2D eigenvalue weighted by Gasteiger charge is 2.31. The van der Waals surface area contributed by atoms with Gasteiger partial charge >= 0.3 is 0 Å². The molecule has 0 spiro atoms. The fourth-order valence-electron chi connectivity index (χ4n) is 4.80. The van der Waals surface area contributed by atoms with Crippen LogP contribution in [-0.4, -0.2) is 54.5 Å². The average Bonchev–Trinajstić information content (AvgIpc) is 2.70. The molecule has 0 saturated carbocycles. The van der Waals surface area contributed by atoms with Gasteiger partial charge in [-0.2, -0.15) is 0 Å². The third-order valence-electron chi connectivity index (χ3n) is 6.84. The average molecular weight is 444 g/mol. The van der Waals surface area contributed by atoms with Crippen molar-refractivity contribution in [3.63, 3.8) is 0 Å². The first-order valence-electron chi connectivity index (χ1n) is 10.8. The van der Waals surface area contributed by atoms with Crippen molar-refractivity contribution < 1.29 is 4.79 Å². The van der Waals surface area contributed by atoms with Crippen LogP contribution in [0.5, 0.6) is 0 Å². The van der Waals surface area contributed by atoms with E-state index in [1.807, 2.05) is 7.05 Å². The molecule has 0 bridgehead atoms. The van der Waals surface area contributed by atoms with Gasteiger partial charge in [-0.15, -0.1) is 24.8 Å². The van der Waals surface area contributed by atoms with Gasteiger partial charge in [-0.1, -0.05) is 37.3 Å². The number of hydrogen-bond donors (Lipinski definition) is 1. The predicted octanol–water partition coefficient (Wildman–Crippen LogP) is 4.37. The summed E-state index contributed by atoms with van der Waals surface area (Å²) in [4.78, 5) is 17.5. The van der Waals surface area contributed by atoms with Crippen LogP contribution in [-0.2, 0) is 11.3 Å². The number of nitrogens with one attached hydrogen (secondary N) is 1. The Morgan fingerprint density at radius 1 is 1.17 bits per heavy atom. The van der Waals surface area contributed by atoms with Crippen molar-refractivity contribution in [2.45, 2.75) is 64.6 Å². The van der Waals surface area contributed by atoms with Crippen molar-refractivity contribution in [3.05, 3.63) is 35.9 Å². The molecular weight excluding hydrogens is 405 g/mol. The van der Waals surface area contributed by atoms with Crippen molar-refractivity contribution >= 4 is 30.7 Å². The minimum atomic E-state index is 0. The van der Waals surface area contributed by atoms with Gasteiger partial charge in [-0.05, 0) is 63.1 Å². The van der Waals surface area contributed by atoms with Crippen LogP contribution in [0.15, 0.2) is 30.3 Å². The Balaban J connectivity index is 0.00000210. The lowest BCUT2D eigenvalue weighted by molar-refractivity contribution is -0.134. The summed E-state index contributed by atoms with van der Waals surface area (Å²) in [6, 6.07) is 11.6. The third kappa shape index (κ3) is 7.43. The molecule has 4 nitrogen and oxygen atoms in total. The largest absolute Gasteiger partial charge is 0.343 e. The number of carbonyl (C=O) groups excluding carboxylic acids is 1. The van der Waals surface area contributed by atoms with E-state index in [1.165, 1.54) is 18.4 Å². The lowest BCUT2D eigenvalue weighted by Gasteiger charge is -2.41. The molecular formula is C23H39Cl2N3O. The molecule has 0 aromatic heterocycles.